The van der Waals surface area contributed by atoms with Gasteiger partial charge in [-0.05, 0) is 38.3 Å². The second kappa shape index (κ2) is 11.4. The van der Waals surface area contributed by atoms with E-state index >= 15 is 0 Å². The third kappa shape index (κ3) is 8.34. The maximum Gasteiger partial charge on any atom is 0.251 e. The summed E-state index contributed by atoms with van der Waals surface area (Å²) in [5, 5.41) is 5.28. The molecule has 0 saturated carbocycles. The molecule has 0 bridgehead atoms. The van der Waals surface area contributed by atoms with E-state index in [9.17, 15) is 14.4 Å². The molecule has 1 saturated heterocycles. The molecule has 2 amide bonds. The molecule has 2 N–H and O–H groups in total. The van der Waals surface area contributed by atoms with E-state index < -0.39 is 11.6 Å². The van der Waals surface area contributed by atoms with E-state index in [0.29, 0.717) is 18.6 Å². The lowest BCUT2D eigenvalue weighted by molar-refractivity contribution is -0.130. The van der Waals surface area contributed by atoms with Crippen LogP contribution in [0.15, 0.2) is 60.7 Å². The van der Waals surface area contributed by atoms with Gasteiger partial charge in [-0.1, -0.05) is 67.9 Å². The fourth-order valence-electron chi connectivity index (χ4n) is 2.95. The third-order valence-corrected chi connectivity index (χ3v) is 4.84. The zero-order valence-electron chi connectivity index (χ0n) is 18.7. The summed E-state index contributed by atoms with van der Waals surface area (Å²) < 4.78 is 5.19. The summed E-state index contributed by atoms with van der Waals surface area (Å²) in [7, 11) is 0. The van der Waals surface area contributed by atoms with Crippen molar-refractivity contribution >= 4 is 17.6 Å². The largest absolute Gasteiger partial charge is 0.361 e. The van der Waals surface area contributed by atoms with Gasteiger partial charge in [0, 0.05) is 5.56 Å². The predicted octanol–water partition coefficient (Wildman–Crippen LogP) is 3.30. The average Bonchev–Trinajstić information content (AvgIpc) is 3.51. The molecule has 31 heavy (non-hydrogen) atoms. The minimum Gasteiger partial charge on any atom is -0.361 e. The molecule has 6 nitrogen and oxygen atoms in total. The number of hydrogen-bond donors (Lipinski definition) is 2. The molecular formula is C25H32N2O4. The Morgan fingerprint density at radius 2 is 1.55 bits per heavy atom. The first-order chi connectivity index (χ1) is 14.7. The molecule has 2 atom stereocenters. The van der Waals surface area contributed by atoms with E-state index in [1.807, 2.05) is 38.1 Å². The Labute approximate surface area is 184 Å². The molecule has 0 radical (unpaired) electrons. The van der Waals surface area contributed by atoms with E-state index in [1.54, 1.807) is 31.2 Å². The van der Waals surface area contributed by atoms with Gasteiger partial charge < -0.3 is 15.4 Å². The van der Waals surface area contributed by atoms with Gasteiger partial charge in [-0.25, -0.2) is 0 Å². The van der Waals surface area contributed by atoms with E-state index in [0.717, 1.165) is 0 Å². The highest BCUT2D eigenvalue weighted by atomic mass is 16.6. The molecule has 1 aliphatic rings. The second-order valence-corrected chi connectivity index (χ2v) is 8.34. The lowest BCUT2D eigenvalue weighted by atomic mass is 9.93. The Morgan fingerprint density at radius 1 is 1.00 bits per heavy atom. The van der Waals surface area contributed by atoms with Crippen LogP contribution in [0.4, 0.5) is 0 Å². The Kier molecular flexibility index (Phi) is 8.94. The number of benzene rings is 2. The van der Waals surface area contributed by atoms with Crippen molar-refractivity contribution in [1.29, 1.82) is 0 Å². The van der Waals surface area contributed by atoms with Crippen molar-refractivity contribution in [2.75, 3.05) is 13.2 Å². The lowest BCUT2D eigenvalue weighted by Gasteiger charge is -2.21. The number of amides is 2. The minimum absolute atomic E-state index is 0.112. The van der Waals surface area contributed by atoms with Crippen LogP contribution in [0.1, 0.15) is 43.1 Å². The number of rotatable bonds is 8. The van der Waals surface area contributed by atoms with Crippen LogP contribution < -0.4 is 10.6 Å². The van der Waals surface area contributed by atoms with Gasteiger partial charge in [0.05, 0.1) is 19.2 Å². The molecule has 166 valence electrons. The van der Waals surface area contributed by atoms with Crippen LogP contribution in [-0.2, 0) is 14.3 Å². The molecule has 2 aromatic carbocycles. The van der Waals surface area contributed by atoms with E-state index in [2.05, 4.69) is 29.7 Å². The summed E-state index contributed by atoms with van der Waals surface area (Å²) in [6.45, 7) is 8.00. The number of Topliss-reactive ketones (excluding diaryl/α,β-unsaturated/α-hetero) is 1. The molecule has 0 spiro atoms. The summed E-state index contributed by atoms with van der Waals surface area (Å²) in [5.74, 6) is -0.572. The zero-order valence-corrected chi connectivity index (χ0v) is 18.7. The van der Waals surface area contributed by atoms with Gasteiger partial charge in [0.2, 0.25) is 5.91 Å². The van der Waals surface area contributed by atoms with Crippen molar-refractivity contribution in [2.24, 2.45) is 5.92 Å². The van der Waals surface area contributed by atoms with Crippen LogP contribution in [0, 0.1) is 12.8 Å². The molecule has 0 aromatic heterocycles. The standard InChI is InChI=1S/C18H24N2O4.C7H8/c1-12(2)9-14(16(22)18(3)11-24-18)20-15(21)10-19-17(23)13-7-5-4-6-8-13;1-7-5-3-2-4-6-7/h4-8,12,14H,9-11H2,1-3H3,(H,19,23)(H,20,21);2-6H,1H3. The molecule has 2 aromatic rings. The van der Waals surface area contributed by atoms with E-state index in [4.69, 9.17) is 4.74 Å². The molecule has 3 rings (SSSR count). The number of hydrogen-bond acceptors (Lipinski definition) is 4. The number of epoxide rings is 1. The summed E-state index contributed by atoms with van der Waals surface area (Å²) in [4.78, 5) is 36.5. The van der Waals surface area contributed by atoms with Crippen molar-refractivity contribution in [3.63, 3.8) is 0 Å². The molecule has 1 aliphatic heterocycles. The van der Waals surface area contributed by atoms with Crippen LogP contribution in [0.3, 0.4) is 0 Å². The second-order valence-electron chi connectivity index (χ2n) is 8.34. The Hall–Kier alpha value is -2.99. The van der Waals surface area contributed by atoms with Gasteiger partial charge in [-0.2, -0.15) is 0 Å². The molecule has 1 heterocycles. The smallest absolute Gasteiger partial charge is 0.251 e. The molecular weight excluding hydrogens is 392 g/mol. The van der Waals surface area contributed by atoms with E-state index in [1.165, 1.54) is 5.56 Å². The van der Waals surface area contributed by atoms with Gasteiger partial charge in [-0.15, -0.1) is 0 Å². The summed E-state index contributed by atoms with van der Waals surface area (Å²) in [6, 6.07) is 18.3. The number of nitrogens with one attached hydrogen (secondary N) is 2. The highest BCUT2D eigenvalue weighted by molar-refractivity contribution is 5.99. The first-order valence-electron chi connectivity index (χ1n) is 10.5. The first-order valence-corrected chi connectivity index (χ1v) is 10.5. The number of ether oxygens (including phenoxy) is 1. The fraction of sp³-hybridized carbons (Fsp3) is 0.400. The Bertz CT molecular complexity index is 862. The van der Waals surface area contributed by atoms with Gasteiger partial charge in [0.1, 0.15) is 5.60 Å². The average molecular weight is 425 g/mol. The quantitative estimate of drug-likeness (QED) is 0.637. The van der Waals surface area contributed by atoms with Gasteiger partial charge in [-0.3, -0.25) is 14.4 Å². The third-order valence-electron chi connectivity index (χ3n) is 4.84. The molecule has 0 aliphatic carbocycles. The maximum absolute atomic E-state index is 12.4. The molecule has 2 unspecified atom stereocenters. The first kappa shape index (κ1) is 24.3. The van der Waals surface area contributed by atoms with E-state index in [-0.39, 0.29) is 30.1 Å². The summed E-state index contributed by atoms with van der Waals surface area (Å²) in [5.41, 5.74) is 1.03. The summed E-state index contributed by atoms with van der Waals surface area (Å²) >= 11 is 0. The number of carbonyl (C=O) groups excluding carboxylic acids is 3. The highest BCUT2D eigenvalue weighted by Gasteiger charge is 2.50. The highest BCUT2D eigenvalue weighted by Crippen LogP contribution is 2.29. The fourth-order valence-corrected chi connectivity index (χ4v) is 2.95. The monoisotopic (exact) mass is 424 g/mol. The van der Waals surface area contributed by atoms with Crippen LogP contribution in [0.2, 0.25) is 0 Å². The van der Waals surface area contributed by atoms with Crippen LogP contribution in [-0.4, -0.2) is 42.4 Å². The van der Waals surface area contributed by atoms with Crippen molar-refractivity contribution < 1.29 is 19.1 Å². The van der Waals surface area contributed by atoms with Crippen LogP contribution in [0.25, 0.3) is 0 Å². The topological polar surface area (TPSA) is 87.8 Å². The maximum atomic E-state index is 12.4. The van der Waals surface area contributed by atoms with Crippen molar-refractivity contribution in [3.05, 3.63) is 71.8 Å². The SMILES string of the molecule is CC(C)CC(NC(=O)CNC(=O)c1ccccc1)C(=O)C1(C)CO1.Cc1ccccc1. The normalized spacial score (nSPS) is 17.7. The molecule has 1 fully saturated rings. The lowest BCUT2D eigenvalue weighted by Crippen LogP contribution is -2.49. The summed E-state index contributed by atoms with van der Waals surface area (Å²) in [6.07, 6.45) is 0.538. The number of aryl methyl sites for hydroxylation is 1. The number of ketones is 1. The van der Waals surface area contributed by atoms with Crippen molar-refractivity contribution in [3.8, 4) is 0 Å². The van der Waals surface area contributed by atoms with Crippen molar-refractivity contribution in [2.45, 2.75) is 45.8 Å². The Balaban J connectivity index is 0.000000412. The minimum atomic E-state index is -0.778. The predicted molar refractivity (Wildman–Crippen MR) is 121 cm³/mol. The Morgan fingerprint density at radius 3 is 2.00 bits per heavy atom. The van der Waals surface area contributed by atoms with Gasteiger partial charge in [0.25, 0.3) is 5.91 Å². The van der Waals surface area contributed by atoms with Crippen LogP contribution >= 0.6 is 0 Å². The van der Waals surface area contributed by atoms with Gasteiger partial charge >= 0.3 is 0 Å². The molecule has 6 heteroatoms. The van der Waals surface area contributed by atoms with Crippen LogP contribution in [0.5, 0.6) is 0 Å². The zero-order chi connectivity index (χ0) is 22.9. The number of carbonyl (C=O) groups is 3. The van der Waals surface area contributed by atoms with Gasteiger partial charge in [0.15, 0.2) is 5.78 Å². The van der Waals surface area contributed by atoms with Crippen molar-refractivity contribution in [1.82, 2.24) is 10.6 Å².